The van der Waals surface area contributed by atoms with Crippen LogP contribution >= 0.6 is 11.8 Å². The minimum atomic E-state index is -0.328. The summed E-state index contributed by atoms with van der Waals surface area (Å²) in [6.45, 7) is 5.36. The van der Waals surface area contributed by atoms with Crippen molar-refractivity contribution in [1.82, 2.24) is 20.3 Å². The SMILES string of the molecule is Cc1cc(NC(=O)C(C)Sc2n[nH]c(C)n2)on1. The number of hydrogen-bond acceptors (Lipinski definition) is 6. The normalized spacial score (nSPS) is 12.4. The molecule has 0 fully saturated rings. The lowest BCUT2D eigenvalue weighted by molar-refractivity contribution is -0.115. The monoisotopic (exact) mass is 267 g/mol. The highest BCUT2D eigenvalue weighted by Gasteiger charge is 2.18. The van der Waals surface area contributed by atoms with Crippen molar-refractivity contribution < 1.29 is 9.32 Å². The van der Waals surface area contributed by atoms with E-state index in [1.54, 1.807) is 26.8 Å². The number of H-pyrrole nitrogens is 1. The predicted molar refractivity (Wildman–Crippen MR) is 66.3 cm³/mol. The van der Waals surface area contributed by atoms with Crippen molar-refractivity contribution in [3.63, 3.8) is 0 Å². The van der Waals surface area contributed by atoms with Crippen LogP contribution in [0.25, 0.3) is 0 Å². The molecule has 18 heavy (non-hydrogen) atoms. The van der Waals surface area contributed by atoms with E-state index in [-0.39, 0.29) is 11.2 Å². The molecule has 0 saturated carbocycles. The van der Waals surface area contributed by atoms with Crippen LogP contribution in [-0.4, -0.2) is 31.5 Å². The summed E-state index contributed by atoms with van der Waals surface area (Å²) < 4.78 is 4.91. The summed E-state index contributed by atoms with van der Waals surface area (Å²) in [5.41, 5.74) is 0.718. The van der Waals surface area contributed by atoms with Crippen LogP contribution < -0.4 is 5.32 Å². The van der Waals surface area contributed by atoms with E-state index in [0.29, 0.717) is 11.0 Å². The number of nitrogens with one attached hydrogen (secondary N) is 2. The summed E-state index contributed by atoms with van der Waals surface area (Å²) in [6, 6.07) is 1.66. The third-order valence-corrected chi connectivity index (χ3v) is 3.06. The van der Waals surface area contributed by atoms with Gasteiger partial charge in [-0.15, -0.1) is 5.10 Å². The number of amides is 1. The second-order valence-corrected chi connectivity index (χ2v) is 5.09. The van der Waals surface area contributed by atoms with Gasteiger partial charge < -0.3 is 4.52 Å². The van der Waals surface area contributed by atoms with E-state index in [1.807, 2.05) is 0 Å². The molecular formula is C10H13N5O2S. The quantitative estimate of drug-likeness (QED) is 0.815. The molecule has 0 aliphatic heterocycles. The number of aromatic amines is 1. The molecule has 1 amide bonds. The molecule has 0 saturated heterocycles. The van der Waals surface area contributed by atoms with E-state index >= 15 is 0 Å². The Balaban J connectivity index is 1.92. The Morgan fingerprint density at radius 1 is 1.56 bits per heavy atom. The largest absolute Gasteiger partial charge is 0.338 e. The van der Waals surface area contributed by atoms with Crippen molar-refractivity contribution in [2.45, 2.75) is 31.2 Å². The Bertz CT molecular complexity index is 550. The van der Waals surface area contributed by atoms with Crippen molar-refractivity contribution in [2.75, 3.05) is 5.32 Å². The van der Waals surface area contributed by atoms with Crippen LogP contribution in [0, 0.1) is 13.8 Å². The molecule has 0 radical (unpaired) electrons. The molecule has 0 aliphatic rings. The fourth-order valence-corrected chi connectivity index (χ4v) is 2.00. The number of rotatable bonds is 4. The molecular weight excluding hydrogens is 254 g/mol. The van der Waals surface area contributed by atoms with E-state index in [1.165, 1.54) is 11.8 Å². The van der Waals surface area contributed by atoms with Crippen molar-refractivity contribution in [2.24, 2.45) is 0 Å². The van der Waals surface area contributed by atoms with Crippen LogP contribution in [-0.2, 0) is 4.79 Å². The van der Waals surface area contributed by atoms with Gasteiger partial charge in [-0.2, -0.15) is 0 Å². The lowest BCUT2D eigenvalue weighted by atomic mass is 10.4. The number of thioether (sulfide) groups is 1. The smallest absolute Gasteiger partial charge is 0.240 e. The summed E-state index contributed by atoms with van der Waals surface area (Å²) in [6.07, 6.45) is 0. The first-order valence-corrected chi connectivity index (χ1v) is 6.22. The van der Waals surface area contributed by atoms with Gasteiger partial charge in [-0.25, -0.2) is 4.98 Å². The number of hydrogen-bond donors (Lipinski definition) is 2. The third kappa shape index (κ3) is 3.10. The van der Waals surface area contributed by atoms with Gasteiger partial charge in [0.2, 0.25) is 16.9 Å². The first-order valence-electron chi connectivity index (χ1n) is 5.34. The number of aromatic nitrogens is 4. The zero-order valence-corrected chi connectivity index (χ0v) is 11.0. The maximum atomic E-state index is 11.8. The average molecular weight is 267 g/mol. The van der Waals surface area contributed by atoms with E-state index in [4.69, 9.17) is 4.52 Å². The summed E-state index contributed by atoms with van der Waals surface area (Å²) in [5.74, 6) is 0.880. The van der Waals surface area contributed by atoms with E-state index in [9.17, 15) is 4.79 Å². The highest BCUT2D eigenvalue weighted by Crippen LogP contribution is 2.20. The summed E-state index contributed by atoms with van der Waals surface area (Å²) in [5, 5.41) is 13.2. The molecule has 0 aliphatic carbocycles. The summed E-state index contributed by atoms with van der Waals surface area (Å²) >= 11 is 1.27. The van der Waals surface area contributed by atoms with Crippen molar-refractivity contribution in [1.29, 1.82) is 0 Å². The van der Waals surface area contributed by atoms with Crippen LogP contribution in [0.2, 0.25) is 0 Å². The minimum Gasteiger partial charge on any atom is -0.338 e. The number of carbonyl (C=O) groups excluding carboxylic acids is 1. The Labute approximate surface area is 108 Å². The summed E-state index contributed by atoms with van der Waals surface area (Å²) in [7, 11) is 0. The van der Waals surface area contributed by atoms with E-state index in [2.05, 4.69) is 25.7 Å². The lowest BCUT2D eigenvalue weighted by Gasteiger charge is -2.06. The molecule has 8 heteroatoms. The Morgan fingerprint density at radius 2 is 2.33 bits per heavy atom. The van der Waals surface area contributed by atoms with E-state index < -0.39 is 0 Å². The van der Waals surface area contributed by atoms with Crippen molar-refractivity contribution >= 4 is 23.6 Å². The molecule has 0 bridgehead atoms. The zero-order valence-electron chi connectivity index (χ0n) is 10.2. The van der Waals surface area contributed by atoms with Gasteiger partial charge in [0.05, 0.1) is 10.9 Å². The van der Waals surface area contributed by atoms with Gasteiger partial charge in [0.25, 0.3) is 0 Å². The molecule has 0 aromatic carbocycles. The van der Waals surface area contributed by atoms with Crippen LogP contribution in [0.3, 0.4) is 0 Å². The third-order valence-electron chi connectivity index (χ3n) is 2.10. The van der Waals surface area contributed by atoms with Gasteiger partial charge in [0.1, 0.15) is 5.82 Å². The minimum absolute atomic E-state index is 0.182. The Morgan fingerprint density at radius 3 is 2.89 bits per heavy atom. The second-order valence-electron chi connectivity index (χ2n) is 3.79. The highest BCUT2D eigenvalue weighted by molar-refractivity contribution is 8.00. The standard InChI is InChI=1S/C10H13N5O2S/c1-5-4-8(17-15-5)12-9(16)6(2)18-10-11-7(3)13-14-10/h4,6H,1-3H3,(H,12,16)(H,11,13,14). The van der Waals surface area contributed by atoms with Gasteiger partial charge in [0, 0.05) is 6.07 Å². The van der Waals surface area contributed by atoms with Crippen LogP contribution in [0.4, 0.5) is 5.88 Å². The average Bonchev–Trinajstić information content (AvgIpc) is 2.88. The highest BCUT2D eigenvalue weighted by atomic mass is 32.2. The second kappa shape index (κ2) is 5.21. The molecule has 0 spiro atoms. The molecule has 2 N–H and O–H groups in total. The Kier molecular flexibility index (Phi) is 3.66. The van der Waals surface area contributed by atoms with Gasteiger partial charge in [0.15, 0.2) is 0 Å². The molecule has 2 rings (SSSR count). The van der Waals surface area contributed by atoms with Gasteiger partial charge >= 0.3 is 0 Å². The summed E-state index contributed by atoms with van der Waals surface area (Å²) in [4.78, 5) is 16.0. The zero-order chi connectivity index (χ0) is 13.1. The van der Waals surface area contributed by atoms with Gasteiger partial charge in [-0.05, 0) is 20.8 Å². The fraction of sp³-hybridized carbons (Fsp3) is 0.400. The predicted octanol–water partition coefficient (Wildman–Crippen LogP) is 1.53. The first-order chi connectivity index (χ1) is 8.54. The Hall–Kier alpha value is -1.83. The molecule has 7 nitrogen and oxygen atoms in total. The number of nitrogens with zero attached hydrogens (tertiary/aromatic N) is 3. The fourth-order valence-electron chi connectivity index (χ4n) is 1.23. The maximum absolute atomic E-state index is 11.8. The van der Waals surface area contributed by atoms with Crippen LogP contribution in [0.15, 0.2) is 15.7 Å². The van der Waals surface area contributed by atoms with Crippen molar-refractivity contribution in [3.8, 4) is 0 Å². The molecule has 1 unspecified atom stereocenters. The topological polar surface area (TPSA) is 96.7 Å². The first kappa shape index (κ1) is 12.6. The number of aryl methyl sites for hydroxylation is 2. The maximum Gasteiger partial charge on any atom is 0.240 e. The number of carbonyl (C=O) groups is 1. The van der Waals surface area contributed by atoms with Crippen LogP contribution in [0.1, 0.15) is 18.4 Å². The number of anilines is 1. The molecule has 96 valence electrons. The molecule has 1 atom stereocenters. The van der Waals surface area contributed by atoms with Gasteiger partial charge in [-0.1, -0.05) is 16.9 Å². The van der Waals surface area contributed by atoms with E-state index in [0.717, 1.165) is 11.5 Å². The molecule has 2 aromatic heterocycles. The van der Waals surface area contributed by atoms with Crippen molar-refractivity contribution in [3.05, 3.63) is 17.6 Å². The molecule has 2 aromatic rings. The molecule has 2 heterocycles. The lowest BCUT2D eigenvalue weighted by Crippen LogP contribution is -2.22. The van der Waals surface area contributed by atoms with Gasteiger partial charge in [-0.3, -0.25) is 15.2 Å². The van der Waals surface area contributed by atoms with Crippen LogP contribution in [0.5, 0.6) is 0 Å².